The van der Waals surface area contributed by atoms with Gasteiger partial charge in [-0.15, -0.1) is 0 Å². The smallest absolute Gasteiger partial charge is 0.226 e. The quantitative estimate of drug-likeness (QED) is 0.916. The van der Waals surface area contributed by atoms with Gasteiger partial charge in [0.05, 0.1) is 19.1 Å². The van der Waals surface area contributed by atoms with Crippen molar-refractivity contribution in [3.8, 4) is 5.75 Å². The van der Waals surface area contributed by atoms with E-state index in [0.29, 0.717) is 13.0 Å². The van der Waals surface area contributed by atoms with Gasteiger partial charge in [-0.05, 0) is 50.3 Å². The number of carbonyl (C=O) groups is 1. The van der Waals surface area contributed by atoms with Crippen molar-refractivity contribution < 1.29 is 9.53 Å². The average Bonchev–Trinajstić information content (AvgIpc) is 3.12. The Balaban J connectivity index is 1.58. The molecule has 6 heteroatoms. The molecule has 1 fully saturated rings. The van der Waals surface area contributed by atoms with Gasteiger partial charge in [0.2, 0.25) is 5.91 Å². The molecule has 1 aromatic heterocycles. The number of amides is 1. The lowest BCUT2D eigenvalue weighted by Gasteiger charge is -2.34. The minimum Gasteiger partial charge on any atom is -0.493 e. The molecular formula is C18H24N4O2. The summed E-state index contributed by atoms with van der Waals surface area (Å²) in [6.45, 7) is 5.21. The summed E-state index contributed by atoms with van der Waals surface area (Å²) in [5.74, 6) is 1.74. The van der Waals surface area contributed by atoms with Gasteiger partial charge < -0.3 is 9.64 Å². The van der Waals surface area contributed by atoms with E-state index in [4.69, 9.17) is 4.74 Å². The zero-order valence-corrected chi connectivity index (χ0v) is 14.3. The highest BCUT2D eigenvalue weighted by Crippen LogP contribution is 2.29. The predicted octanol–water partition coefficient (Wildman–Crippen LogP) is 2.94. The summed E-state index contributed by atoms with van der Waals surface area (Å²) in [6, 6.07) is 6.12. The van der Waals surface area contributed by atoms with Gasteiger partial charge >= 0.3 is 0 Å². The summed E-state index contributed by atoms with van der Waals surface area (Å²) < 4.78 is 5.82. The second-order valence-corrected chi connectivity index (χ2v) is 6.34. The lowest BCUT2D eigenvalue weighted by Crippen LogP contribution is -2.39. The first-order valence-electron chi connectivity index (χ1n) is 8.50. The number of hydrogen-bond acceptors (Lipinski definition) is 4. The Morgan fingerprint density at radius 3 is 3.04 bits per heavy atom. The first kappa shape index (κ1) is 16.5. The zero-order chi connectivity index (χ0) is 16.9. The number of hydrogen-bond donors (Lipinski definition) is 1. The minimum atomic E-state index is 0.00876. The maximum absolute atomic E-state index is 12.6. The third-order valence-electron chi connectivity index (χ3n) is 4.49. The third-order valence-corrected chi connectivity index (χ3v) is 4.49. The van der Waals surface area contributed by atoms with Crippen LogP contribution in [-0.2, 0) is 4.79 Å². The highest BCUT2D eigenvalue weighted by molar-refractivity contribution is 5.76. The Labute approximate surface area is 142 Å². The summed E-state index contributed by atoms with van der Waals surface area (Å²) in [5.41, 5.74) is 2.24. The molecule has 2 heterocycles. The topological polar surface area (TPSA) is 71.1 Å². The molecule has 0 bridgehead atoms. The van der Waals surface area contributed by atoms with Crippen LogP contribution in [0.1, 0.15) is 48.7 Å². The SMILES string of the molecule is Cc1ccc(C)c(OCCC(=O)N2CCCC[C@H]2c2ncn[nH]2)c1. The maximum atomic E-state index is 12.6. The van der Waals surface area contributed by atoms with Crippen LogP contribution in [0.5, 0.6) is 5.75 Å². The van der Waals surface area contributed by atoms with E-state index < -0.39 is 0 Å². The van der Waals surface area contributed by atoms with Gasteiger partial charge in [-0.3, -0.25) is 9.89 Å². The number of aromatic nitrogens is 3. The molecule has 1 aliphatic rings. The van der Waals surface area contributed by atoms with E-state index in [1.807, 2.05) is 30.9 Å². The summed E-state index contributed by atoms with van der Waals surface area (Å²) in [4.78, 5) is 18.8. The highest BCUT2D eigenvalue weighted by atomic mass is 16.5. The molecule has 1 amide bonds. The van der Waals surface area contributed by atoms with Crippen molar-refractivity contribution in [3.05, 3.63) is 41.5 Å². The number of piperidine rings is 1. The Morgan fingerprint density at radius 1 is 1.38 bits per heavy atom. The molecule has 0 spiro atoms. The molecule has 1 atom stereocenters. The number of aryl methyl sites for hydroxylation is 2. The van der Waals surface area contributed by atoms with Gasteiger partial charge in [-0.1, -0.05) is 12.1 Å². The molecule has 0 unspecified atom stereocenters. The van der Waals surface area contributed by atoms with E-state index in [9.17, 15) is 4.79 Å². The second kappa shape index (κ2) is 7.47. The summed E-state index contributed by atoms with van der Waals surface area (Å²) in [6.07, 6.45) is 4.94. The molecule has 24 heavy (non-hydrogen) atoms. The molecule has 0 radical (unpaired) electrons. The van der Waals surface area contributed by atoms with Gasteiger partial charge in [0.1, 0.15) is 17.9 Å². The third kappa shape index (κ3) is 3.75. The van der Waals surface area contributed by atoms with Crippen LogP contribution in [0.3, 0.4) is 0 Å². The van der Waals surface area contributed by atoms with Gasteiger partial charge in [-0.2, -0.15) is 5.10 Å². The van der Waals surface area contributed by atoms with Crippen molar-refractivity contribution in [2.75, 3.05) is 13.2 Å². The van der Waals surface area contributed by atoms with Crippen LogP contribution >= 0.6 is 0 Å². The van der Waals surface area contributed by atoms with Crippen molar-refractivity contribution in [1.29, 1.82) is 0 Å². The van der Waals surface area contributed by atoms with Crippen LogP contribution < -0.4 is 4.74 Å². The number of H-pyrrole nitrogens is 1. The average molecular weight is 328 g/mol. The molecule has 1 N–H and O–H groups in total. The summed E-state index contributed by atoms with van der Waals surface area (Å²) in [7, 11) is 0. The fourth-order valence-corrected chi connectivity index (χ4v) is 3.14. The van der Waals surface area contributed by atoms with E-state index in [-0.39, 0.29) is 11.9 Å². The largest absolute Gasteiger partial charge is 0.493 e. The fraction of sp³-hybridized carbons (Fsp3) is 0.500. The molecule has 0 saturated carbocycles. The Bertz CT molecular complexity index is 684. The van der Waals surface area contributed by atoms with Crippen LogP contribution in [0.2, 0.25) is 0 Å². The van der Waals surface area contributed by atoms with Gasteiger partial charge in [0.15, 0.2) is 0 Å². The number of nitrogens with one attached hydrogen (secondary N) is 1. The monoisotopic (exact) mass is 328 g/mol. The van der Waals surface area contributed by atoms with E-state index in [0.717, 1.165) is 48.5 Å². The van der Waals surface area contributed by atoms with Gasteiger partial charge in [0.25, 0.3) is 0 Å². The predicted molar refractivity (Wildman–Crippen MR) is 90.7 cm³/mol. The van der Waals surface area contributed by atoms with Gasteiger partial charge in [0, 0.05) is 6.54 Å². The highest BCUT2D eigenvalue weighted by Gasteiger charge is 2.29. The van der Waals surface area contributed by atoms with Crippen molar-refractivity contribution in [2.24, 2.45) is 0 Å². The molecular weight excluding hydrogens is 304 g/mol. The molecule has 2 aromatic rings. The summed E-state index contributed by atoms with van der Waals surface area (Å²) in [5, 5.41) is 6.81. The molecule has 0 aliphatic carbocycles. The number of rotatable bonds is 5. The number of likely N-dealkylation sites (tertiary alicyclic amines) is 1. The van der Waals surface area contributed by atoms with Crippen LogP contribution in [0.4, 0.5) is 0 Å². The lowest BCUT2D eigenvalue weighted by molar-refractivity contribution is -0.135. The number of ether oxygens (including phenoxy) is 1. The van der Waals surface area contributed by atoms with E-state index in [2.05, 4.69) is 21.2 Å². The number of benzene rings is 1. The van der Waals surface area contributed by atoms with Crippen LogP contribution in [0.15, 0.2) is 24.5 Å². The van der Waals surface area contributed by atoms with Crippen LogP contribution in [0, 0.1) is 13.8 Å². The standard InChI is InChI=1S/C18H24N4O2/c1-13-6-7-14(2)16(11-13)24-10-8-17(23)22-9-4-3-5-15(22)18-19-12-20-21-18/h6-7,11-12,15H,3-5,8-10H2,1-2H3,(H,19,20,21)/t15-/m0/s1. The van der Waals surface area contributed by atoms with E-state index in [1.165, 1.54) is 6.33 Å². The molecule has 3 rings (SSSR count). The maximum Gasteiger partial charge on any atom is 0.226 e. The van der Waals surface area contributed by atoms with Crippen molar-refractivity contribution >= 4 is 5.91 Å². The first-order chi connectivity index (χ1) is 11.6. The number of aromatic amines is 1. The zero-order valence-electron chi connectivity index (χ0n) is 14.3. The minimum absolute atomic E-state index is 0.00876. The van der Waals surface area contributed by atoms with E-state index >= 15 is 0 Å². The van der Waals surface area contributed by atoms with Crippen LogP contribution in [0.25, 0.3) is 0 Å². The molecule has 128 valence electrons. The van der Waals surface area contributed by atoms with Crippen molar-refractivity contribution in [1.82, 2.24) is 20.1 Å². The Morgan fingerprint density at radius 2 is 2.25 bits per heavy atom. The van der Waals surface area contributed by atoms with Crippen LogP contribution in [-0.4, -0.2) is 39.1 Å². The number of carbonyl (C=O) groups excluding carboxylic acids is 1. The summed E-state index contributed by atoms with van der Waals surface area (Å²) >= 11 is 0. The molecule has 1 aliphatic heterocycles. The molecule has 6 nitrogen and oxygen atoms in total. The Hall–Kier alpha value is -2.37. The van der Waals surface area contributed by atoms with Crippen molar-refractivity contribution in [3.63, 3.8) is 0 Å². The lowest BCUT2D eigenvalue weighted by atomic mass is 10.0. The van der Waals surface area contributed by atoms with Gasteiger partial charge in [-0.25, -0.2) is 4.98 Å². The fourth-order valence-electron chi connectivity index (χ4n) is 3.14. The first-order valence-corrected chi connectivity index (χ1v) is 8.50. The Kier molecular flexibility index (Phi) is 5.13. The van der Waals surface area contributed by atoms with Crippen molar-refractivity contribution in [2.45, 2.75) is 45.6 Å². The van der Waals surface area contributed by atoms with E-state index in [1.54, 1.807) is 0 Å². The molecule has 1 aromatic carbocycles. The second-order valence-electron chi connectivity index (χ2n) is 6.34. The molecule has 1 saturated heterocycles. The number of nitrogens with zero attached hydrogens (tertiary/aromatic N) is 3. The normalized spacial score (nSPS) is 17.8.